The molecule has 2 aromatic heterocycles. The van der Waals surface area contributed by atoms with E-state index in [1.54, 1.807) is 22.8 Å². The normalized spacial score (nSPS) is 15.2. The number of hydrogen-bond acceptors (Lipinski definition) is 9. The molecule has 0 unspecified atom stereocenters. The van der Waals surface area contributed by atoms with Gasteiger partial charge in [0.2, 0.25) is 15.9 Å². The number of fused-ring (bicyclic) bond motifs is 1. The van der Waals surface area contributed by atoms with Crippen LogP contribution in [0.1, 0.15) is 0 Å². The number of aromatic nitrogens is 4. The number of amides is 1. The molecule has 0 bridgehead atoms. The first-order valence-corrected chi connectivity index (χ1v) is 12.0. The summed E-state index contributed by atoms with van der Waals surface area (Å²) in [6.07, 6.45) is 3.08. The molecular formula is C18H19N7O5S2. The highest BCUT2D eigenvalue weighted by atomic mass is 32.2. The maximum Gasteiger partial charge on any atom is 0.270 e. The van der Waals surface area contributed by atoms with Crippen LogP contribution in [-0.2, 0) is 21.9 Å². The molecule has 32 heavy (non-hydrogen) atoms. The van der Waals surface area contributed by atoms with Gasteiger partial charge in [0.1, 0.15) is 11.4 Å². The molecule has 12 nitrogen and oxygen atoms in total. The predicted molar refractivity (Wildman–Crippen MR) is 115 cm³/mol. The predicted octanol–water partition coefficient (Wildman–Crippen LogP) is 0.897. The summed E-state index contributed by atoms with van der Waals surface area (Å²) in [7, 11) is -2.11. The standard InChI is InChI=1S/C18H19N7O5S2/c1-22-17-15(10-21-22)18(20-12-19-17)31-11-16(26)23-5-7-24(8-6-23)32(29,30)14-4-2-3-13(9-14)25(27)28/h2-4,9-10,12H,5-8,11H2,1H3. The third-order valence-electron chi connectivity index (χ3n) is 5.08. The lowest BCUT2D eigenvalue weighted by atomic mass is 10.3. The molecule has 3 heterocycles. The summed E-state index contributed by atoms with van der Waals surface area (Å²) in [5.74, 6) is 0.0246. The van der Waals surface area contributed by atoms with E-state index in [0.717, 1.165) is 11.5 Å². The third kappa shape index (κ3) is 4.28. The Bertz CT molecular complexity index is 1290. The van der Waals surface area contributed by atoms with Gasteiger partial charge in [0.15, 0.2) is 5.65 Å². The lowest BCUT2D eigenvalue weighted by molar-refractivity contribution is -0.385. The van der Waals surface area contributed by atoms with Gasteiger partial charge in [-0.15, -0.1) is 0 Å². The molecule has 1 aromatic carbocycles. The molecule has 1 fully saturated rings. The zero-order valence-electron chi connectivity index (χ0n) is 17.0. The van der Waals surface area contributed by atoms with Crippen LogP contribution in [0.4, 0.5) is 5.69 Å². The number of sulfonamides is 1. The molecule has 0 spiro atoms. The van der Waals surface area contributed by atoms with E-state index in [1.165, 1.54) is 40.6 Å². The minimum Gasteiger partial charge on any atom is -0.339 e. The van der Waals surface area contributed by atoms with Crippen molar-refractivity contribution in [1.82, 2.24) is 29.0 Å². The Balaban J connectivity index is 1.37. The van der Waals surface area contributed by atoms with Crippen molar-refractivity contribution < 1.29 is 18.1 Å². The SMILES string of the molecule is Cn1ncc2c(SCC(=O)N3CCN(S(=O)(=O)c4cccc([N+](=O)[O-])c4)CC3)ncnc21. The smallest absolute Gasteiger partial charge is 0.270 e. The summed E-state index contributed by atoms with van der Waals surface area (Å²) >= 11 is 1.28. The minimum absolute atomic E-state index is 0.113. The van der Waals surface area contributed by atoms with E-state index in [4.69, 9.17) is 0 Å². The van der Waals surface area contributed by atoms with E-state index in [9.17, 15) is 23.3 Å². The summed E-state index contributed by atoms with van der Waals surface area (Å²) in [6.45, 7) is 0.697. The minimum atomic E-state index is -3.88. The zero-order valence-corrected chi connectivity index (χ0v) is 18.6. The van der Waals surface area contributed by atoms with Crippen LogP contribution in [-0.4, -0.2) is 80.1 Å². The number of hydrogen-bond donors (Lipinski definition) is 0. The fourth-order valence-corrected chi connectivity index (χ4v) is 5.69. The number of benzene rings is 1. The van der Waals surface area contributed by atoms with Gasteiger partial charge in [-0.2, -0.15) is 9.40 Å². The van der Waals surface area contributed by atoms with E-state index in [-0.39, 0.29) is 48.4 Å². The van der Waals surface area contributed by atoms with Gasteiger partial charge in [-0.3, -0.25) is 19.6 Å². The van der Waals surface area contributed by atoms with Crippen molar-refractivity contribution in [3.63, 3.8) is 0 Å². The molecule has 1 aliphatic heterocycles. The first kappa shape index (κ1) is 22.1. The Kier molecular flexibility index (Phi) is 6.08. The van der Waals surface area contributed by atoms with Crippen LogP contribution in [0.15, 0.2) is 46.7 Å². The molecule has 168 valence electrons. The molecule has 14 heteroatoms. The number of thioether (sulfide) groups is 1. The molecule has 0 aliphatic carbocycles. The van der Waals surface area contributed by atoms with Crippen molar-refractivity contribution in [3.8, 4) is 0 Å². The monoisotopic (exact) mass is 477 g/mol. The Morgan fingerprint density at radius 3 is 2.69 bits per heavy atom. The average molecular weight is 478 g/mol. The number of carbonyl (C=O) groups excluding carboxylic acids is 1. The Hall–Kier alpha value is -3.10. The van der Waals surface area contributed by atoms with Gasteiger partial charge in [0.25, 0.3) is 5.69 Å². The number of non-ortho nitro benzene ring substituents is 1. The third-order valence-corrected chi connectivity index (χ3v) is 7.97. The summed E-state index contributed by atoms with van der Waals surface area (Å²) in [5, 5.41) is 16.5. The highest BCUT2D eigenvalue weighted by Crippen LogP contribution is 2.25. The highest BCUT2D eigenvalue weighted by Gasteiger charge is 2.31. The molecule has 4 rings (SSSR count). The molecule has 0 N–H and O–H groups in total. The molecule has 1 amide bonds. The van der Waals surface area contributed by atoms with Crippen LogP contribution in [0, 0.1) is 10.1 Å². The quantitative estimate of drug-likeness (QED) is 0.219. The number of aryl methyl sites for hydroxylation is 1. The highest BCUT2D eigenvalue weighted by molar-refractivity contribution is 8.00. The van der Waals surface area contributed by atoms with Gasteiger partial charge < -0.3 is 4.90 Å². The Labute approximate surface area is 187 Å². The largest absolute Gasteiger partial charge is 0.339 e. The molecular weight excluding hydrogens is 458 g/mol. The zero-order chi connectivity index (χ0) is 22.9. The van der Waals surface area contributed by atoms with Gasteiger partial charge >= 0.3 is 0 Å². The average Bonchev–Trinajstić information content (AvgIpc) is 3.19. The summed E-state index contributed by atoms with van der Waals surface area (Å²) in [4.78, 5) is 32.8. The first-order chi connectivity index (χ1) is 15.3. The van der Waals surface area contributed by atoms with Crippen molar-refractivity contribution in [2.24, 2.45) is 7.05 Å². The van der Waals surface area contributed by atoms with Crippen LogP contribution in [0.3, 0.4) is 0 Å². The second-order valence-electron chi connectivity index (χ2n) is 7.01. The van der Waals surface area contributed by atoms with Crippen LogP contribution in [0.5, 0.6) is 0 Å². The second-order valence-corrected chi connectivity index (χ2v) is 9.91. The van der Waals surface area contributed by atoms with Crippen LogP contribution >= 0.6 is 11.8 Å². The van der Waals surface area contributed by atoms with Crippen LogP contribution in [0.25, 0.3) is 11.0 Å². The first-order valence-electron chi connectivity index (χ1n) is 9.55. The van der Waals surface area contributed by atoms with E-state index in [2.05, 4.69) is 15.1 Å². The lowest BCUT2D eigenvalue weighted by Crippen LogP contribution is -2.50. The summed E-state index contributed by atoms with van der Waals surface area (Å²) in [5.41, 5.74) is 0.388. The molecule has 0 saturated carbocycles. The summed E-state index contributed by atoms with van der Waals surface area (Å²) < 4.78 is 28.6. The maximum absolute atomic E-state index is 12.8. The van der Waals surface area contributed by atoms with Crippen molar-refractivity contribution in [3.05, 3.63) is 46.9 Å². The number of nitro groups is 1. The Morgan fingerprint density at radius 1 is 1.22 bits per heavy atom. The van der Waals surface area contributed by atoms with Crippen molar-refractivity contribution in [2.45, 2.75) is 9.92 Å². The van der Waals surface area contributed by atoms with Gasteiger partial charge in [0.05, 0.1) is 27.2 Å². The lowest BCUT2D eigenvalue weighted by Gasteiger charge is -2.34. The maximum atomic E-state index is 12.8. The van der Waals surface area contributed by atoms with Crippen LogP contribution in [0.2, 0.25) is 0 Å². The van der Waals surface area contributed by atoms with Crippen LogP contribution < -0.4 is 0 Å². The molecule has 1 aliphatic rings. The molecule has 1 saturated heterocycles. The number of piperazine rings is 1. The van der Waals surface area contributed by atoms with E-state index >= 15 is 0 Å². The van der Waals surface area contributed by atoms with Gasteiger partial charge in [0, 0.05) is 45.4 Å². The van der Waals surface area contributed by atoms with Gasteiger partial charge in [-0.1, -0.05) is 17.8 Å². The van der Waals surface area contributed by atoms with Crippen molar-refractivity contribution in [1.29, 1.82) is 0 Å². The number of nitrogens with zero attached hydrogens (tertiary/aromatic N) is 7. The molecule has 0 atom stereocenters. The molecule has 0 radical (unpaired) electrons. The number of nitro benzene ring substituents is 1. The van der Waals surface area contributed by atoms with Crippen molar-refractivity contribution in [2.75, 3.05) is 31.9 Å². The number of carbonyl (C=O) groups is 1. The van der Waals surface area contributed by atoms with Gasteiger partial charge in [-0.25, -0.2) is 18.4 Å². The molecule has 3 aromatic rings. The summed E-state index contributed by atoms with van der Waals surface area (Å²) in [6, 6.07) is 4.96. The second kappa shape index (κ2) is 8.80. The fraction of sp³-hybridized carbons (Fsp3) is 0.333. The van der Waals surface area contributed by atoms with E-state index < -0.39 is 14.9 Å². The van der Waals surface area contributed by atoms with Crippen molar-refractivity contribution >= 4 is 44.4 Å². The van der Waals surface area contributed by atoms with Gasteiger partial charge in [-0.05, 0) is 6.07 Å². The fourth-order valence-electron chi connectivity index (χ4n) is 3.36. The number of rotatable bonds is 6. The van der Waals surface area contributed by atoms with E-state index in [0.29, 0.717) is 10.7 Å². The topological polar surface area (TPSA) is 144 Å². The Morgan fingerprint density at radius 2 is 1.97 bits per heavy atom. The van der Waals surface area contributed by atoms with E-state index in [1.807, 2.05) is 0 Å².